The molecule has 1 aromatic carbocycles. The monoisotopic (exact) mass is 275 g/mol. The van der Waals surface area contributed by atoms with Gasteiger partial charge in [0.15, 0.2) is 0 Å². The lowest BCUT2D eigenvalue weighted by atomic mass is 9.77. The molecule has 0 amide bonds. The molecule has 0 bridgehead atoms. The van der Waals surface area contributed by atoms with Gasteiger partial charge in [-0.25, -0.2) is 0 Å². The van der Waals surface area contributed by atoms with E-state index < -0.39 is 0 Å². The van der Waals surface area contributed by atoms with Crippen LogP contribution in [0.25, 0.3) is 0 Å². The molecule has 1 unspecified atom stereocenters. The van der Waals surface area contributed by atoms with Crippen LogP contribution in [0.2, 0.25) is 0 Å². The van der Waals surface area contributed by atoms with Gasteiger partial charge in [-0.3, -0.25) is 0 Å². The van der Waals surface area contributed by atoms with E-state index in [9.17, 15) is 0 Å². The van der Waals surface area contributed by atoms with E-state index in [0.717, 1.165) is 17.9 Å². The van der Waals surface area contributed by atoms with Gasteiger partial charge in [0.2, 0.25) is 0 Å². The van der Waals surface area contributed by atoms with Crippen LogP contribution in [-0.2, 0) is 0 Å². The first-order valence-electron chi connectivity index (χ1n) is 7.89. The predicted molar refractivity (Wildman–Crippen MR) is 80.5 cm³/mol. The second-order valence-corrected chi connectivity index (χ2v) is 6.02. The van der Waals surface area contributed by atoms with Gasteiger partial charge < -0.3 is 14.8 Å². The number of rotatable bonds is 3. The van der Waals surface area contributed by atoms with E-state index in [0.29, 0.717) is 12.6 Å². The fourth-order valence-electron chi connectivity index (χ4n) is 3.67. The van der Waals surface area contributed by atoms with Crippen molar-refractivity contribution in [2.45, 2.75) is 57.1 Å². The topological polar surface area (TPSA) is 30.5 Å². The maximum atomic E-state index is 6.43. The normalized spacial score (nSPS) is 24.0. The molecule has 110 valence electrons. The minimum absolute atomic E-state index is 0.0616. The second-order valence-electron chi connectivity index (χ2n) is 6.02. The summed E-state index contributed by atoms with van der Waals surface area (Å²) in [5.74, 6) is 1.98. The Morgan fingerprint density at radius 1 is 1.30 bits per heavy atom. The molecule has 3 nitrogen and oxygen atoms in total. The number of ether oxygens (including phenoxy) is 2. The third kappa shape index (κ3) is 2.51. The molecule has 3 heteroatoms. The Bertz CT molecular complexity index is 466. The molecule has 2 aliphatic rings. The van der Waals surface area contributed by atoms with Crippen LogP contribution < -0.4 is 14.8 Å². The number of hydrogen-bond acceptors (Lipinski definition) is 3. The Balaban J connectivity index is 1.91. The van der Waals surface area contributed by atoms with Crippen molar-refractivity contribution < 1.29 is 9.47 Å². The molecule has 1 atom stereocenters. The van der Waals surface area contributed by atoms with Gasteiger partial charge in [0.05, 0.1) is 6.61 Å². The van der Waals surface area contributed by atoms with Crippen LogP contribution in [0, 0.1) is 0 Å². The lowest BCUT2D eigenvalue weighted by Crippen LogP contribution is -2.45. The quantitative estimate of drug-likeness (QED) is 0.909. The van der Waals surface area contributed by atoms with E-state index in [-0.39, 0.29) is 5.60 Å². The van der Waals surface area contributed by atoms with E-state index in [1.165, 1.54) is 37.7 Å². The first-order chi connectivity index (χ1) is 9.76. The van der Waals surface area contributed by atoms with Crippen LogP contribution in [0.5, 0.6) is 11.5 Å². The van der Waals surface area contributed by atoms with Gasteiger partial charge in [0.25, 0.3) is 0 Å². The number of hydrogen-bond donors (Lipinski definition) is 1. The summed E-state index contributed by atoms with van der Waals surface area (Å²) in [6, 6.07) is 6.62. The van der Waals surface area contributed by atoms with Crippen molar-refractivity contribution in [3.05, 3.63) is 23.8 Å². The van der Waals surface area contributed by atoms with Crippen LogP contribution in [0.1, 0.15) is 57.1 Å². The van der Waals surface area contributed by atoms with Crippen LogP contribution >= 0.6 is 0 Å². The third-order valence-corrected chi connectivity index (χ3v) is 4.68. The van der Waals surface area contributed by atoms with Gasteiger partial charge in [-0.1, -0.05) is 6.42 Å². The summed E-state index contributed by atoms with van der Waals surface area (Å²) in [5, 5.41) is 3.47. The summed E-state index contributed by atoms with van der Waals surface area (Å²) in [7, 11) is 2.05. The van der Waals surface area contributed by atoms with E-state index in [4.69, 9.17) is 9.47 Å². The van der Waals surface area contributed by atoms with Crippen molar-refractivity contribution in [1.29, 1.82) is 0 Å². The van der Waals surface area contributed by atoms with E-state index in [1.807, 2.05) is 20.0 Å². The van der Waals surface area contributed by atoms with Crippen molar-refractivity contribution in [2.24, 2.45) is 0 Å². The smallest absolute Gasteiger partial charge is 0.125 e. The van der Waals surface area contributed by atoms with Crippen molar-refractivity contribution >= 4 is 0 Å². The number of benzene rings is 1. The minimum Gasteiger partial charge on any atom is -0.494 e. The third-order valence-electron chi connectivity index (χ3n) is 4.68. The molecule has 0 aromatic heterocycles. The van der Waals surface area contributed by atoms with Gasteiger partial charge >= 0.3 is 0 Å². The van der Waals surface area contributed by atoms with Crippen molar-refractivity contribution in [2.75, 3.05) is 13.7 Å². The van der Waals surface area contributed by atoms with Crippen LogP contribution in [-0.4, -0.2) is 19.3 Å². The van der Waals surface area contributed by atoms with E-state index >= 15 is 0 Å². The highest BCUT2D eigenvalue weighted by Gasteiger charge is 2.41. The summed E-state index contributed by atoms with van der Waals surface area (Å²) in [6.45, 7) is 2.72. The summed E-state index contributed by atoms with van der Waals surface area (Å²) in [4.78, 5) is 0. The second kappa shape index (κ2) is 5.65. The molecule has 1 N–H and O–H groups in total. The first kappa shape index (κ1) is 13.7. The largest absolute Gasteiger partial charge is 0.494 e. The average molecular weight is 275 g/mol. The minimum atomic E-state index is 0.0616. The fourth-order valence-corrected chi connectivity index (χ4v) is 3.67. The zero-order valence-electron chi connectivity index (χ0n) is 12.6. The predicted octanol–water partition coefficient (Wildman–Crippen LogP) is 3.83. The Labute approximate surface area is 121 Å². The highest BCUT2D eigenvalue weighted by molar-refractivity contribution is 5.44. The average Bonchev–Trinajstić information content (AvgIpc) is 2.48. The van der Waals surface area contributed by atoms with Crippen molar-refractivity contribution in [1.82, 2.24) is 5.32 Å². The molecule has 20 heavy (non-hydrogen) atoms. The zero-order valence-corrected chi connectivity index (χ0v) is 12.6. The van der Waals surface area contributed by atoms with Crippen LogP contribution in [0.3, 0.4) is 0 Å². The van der Waals surface area contributed by atoms with Crippen LogP contribution in [0.4, 0.5) is 0 Å². The SMILES string of the molecule is CCOc1ccc2c(c1)C(NC)CC1(CCCCC1)O2. The van der Waals surface area contributed by atoms with Gasteiger partial charge in [0, 0.05) is 18.0 Å². The molecule has 1 heterocycles. The molecule has 1 aliphatic carbocycles. The van der Waals surface area contributed by atoms with Crippen molar-refractivity contribution in [3.8, 4) is 11.5 Å². The molecule has 1 saturated carbocycles. The molecule has 0 radical (unpaired) electrons. The summed E-state index contributed by atoms with van der Waals surface area (Å²) in [6.07, 6.45) is 7.40. The first-order valence-corrected chi connectivity index (χ1v) is 7.89. The molecule has 1 spiro atoms. The summed E-state index contributed by atoms with van der Waals surface area (Å²) < 4.78 is 12.0. The molecule has 3 rings (SSSR count). The Hall–Kier alpha value is -1.22. The standard InChI is InChI=1S/C17H25NO2/c1-3-19-13-7-8-16-14(11-13)15(18-2)12-17(20-16)9-5-4-6-10-17/h7-8,11,15,18H,3-6,9-10,12H2,1-2H3. The molecular weight excluding hydrogens is 250 g/mol. The zero-order chi connectivity index (χ0) is 14.0. The maximum Gasteiger partial charge on any atom is 0.125 e. The number of nitrogens with one attached hydrogen (secondary N) is 1. The highest BCUT2D eigenvalue weighted by atomic mass is 16.5. The van der Waals surface area contributed by atoms with Gasteiger partial charge in [-0.05, 0) is 57.9 Å². The number of fused-ring (bicyclic) bond motifs is 1. The summed E-state index contributed by atoms with van der Waals surface area (Å²) >= 11 is 0. The van der Waals surface area contributed by atoms with Gasteiger partial charge in [0.1, 0.15) is 17.1 Å². The van der Waals surface area contributed by atoms with Gasteiger partial charge in [-0.2, -0.15) is 0 Å². The molecule has 1 aliphatic heterocycles. The highest BCUT2D eigenvalue weighted by Crippen LogP contribution is 2.46. The van der Waals surface area contributed by atoms with Crippen LogP contribution in [0.15, 0.2) is 18.2 Å². The molecular formula is C17H25NO2. The maximum absolute atomic E-state index is 6.43. The van der Waals surface area contributed by atoms with Gasteiger partial charge in [-0.15, -0.1) is 0 Å². The lowest BCUT2D eigenvalue weighted by Gasteiger charge is -2.44. The Morgan fingerprint density at radius 3 is 2.80 bits per heavy atom. The Morgan fingerprint density at radius 2 is 2.10 bits per heavy atom. The lowest BCUT2D eigenvalue weighted by molar-refractivity contribution is -0.00187. The summed E-state index contributed by atoms with van der Waals surface area (Å²) in [5.41, 5.74) is 1.31. The molecule has 1 fully saturated rings. The molecule has 1 aromatic rings. The fraction of sp³-hybridized carbons (Fsp3) is 0.647. The Kier molecular flexibility index (Phi) is 3.88. The van der Waals surface area contributed by atoms with E-state index in [2.05, 4.69) is 17.4 Å². The van der Waals surface area contributed by atoms with Crippen molar-refractivity contribution in [3.63, 3.8) is 0 Å². The van der Waals surface area contributed by atoms with E-state index in [1.54, 1.807) is 0 Å². The molecule has 0 saturated heterocycles.